The highest BCUT2D eigenvalue weighted by Crippen LogP contribution is 2.35. The molecule has 0 atom stereocenters. The fourth-order valence-electron chi connectivity index (χ4n) is 2.96. The largest absolute Gasteiger partial charge is 0.463 e. The zero-order valence-corrected chi connectivity index (χ0v) is 13.0. The van der Waals surface area contributed by atoms with E-state index in [2.05, 4.69) is 15.5 Å². The van der Waals surface area contributed by atoms with E-state index in [1.165, 1.54) is 25.5 Å². The van der Waals surface area contributed by atoms with Gasteiger partial charge in [-0.1, -0.05) is 24.6 Å². The highest BCUT2D eigenvalue weighted by Gasteiger charge is 2.25. The molecule has 1 saturated carbocycles. The fraction of sp³-hybridized carbons (Fsp3) is 0.353. The van der Waals surface area contributed by atoms with Crippen LogP contribution in [-0.2, 0) is 13.6 Å². The van der Waals surface area contributed by atoms with Gasteiger partial charge in [-0.15, -0.1) is 10.2 Å². The molecule has 1 N–H and O–H groups in total. The summed E-state index contributed by atoms with van der Waals surface area (Å²) in [6.07, 6.45) is 5.12. The predicted molar refractivity (Wildman–Crippen MR) is 85.0 cm³/mol. The Morgan fingerprint density at radius 1 is 1.35 bits per heavy atom. The van der Waals surface area contributed by atoms with Crippen molar-refractivity contribution in [1.29, 1.82) is 0 Å². The molecule has 1 fully saturated rings. The highest BCUT2D eigenvalue weighted by molar-refractivity contribution is 6.05. The van der Waals surface area contributed by atoms with Crippen molar-refractivity contribution in [3.63, 3.8) is 0 Å². The lowest BCUT2D eigenvalue weighted by Gasteiger charge is -2.24. The third kappa shape index (κ3) is 2.40. The molecule has 23 heavy (non-hydrogen) atoms. The first-order chi connectivity index (χ1) is 11.2. The molecule has 6 heteroatoms. The number of benzene rings is 1. The topological polar surface area (TPSA) is 73.0 Å². The van der Waals surface area contributed by atoms with Crippen molar-refractivity contribution < 1.29 is 9.21 Å². The Kier molecular flexibility index (Phi) is 3.37. The van der Waals surface area contributed by atoms with Gasteiger partial charge < -0.3 is 14.3 Å². The lowest BCUT2D eigenvalue weighted by Crippen LogP contribution is -2.24. The smallest absolute Gasteiger partial charge is 0.255 e. The van der Waals surface area contributed by atoms with Crippen molar-refractivity contribution in [2.45, 2.75) is 31.7 Å². The van der Waals surface area contributed by atoms with Crippen LogP contribution in [0.25, 0.3) is 11.0 Å². The van der Waals surface area contributed by atoms with Crippen LogP contribution in [0.2, 0.25) is 0 Å². The summed E-state index contributed by atoms with van der Waals surface area (Å²) < 4.78 is 7.41. The predicted octanol–water partition coefficient (Wildman–Crippen LogP) is 2.76. The second-order valence-electron chi connectivity index (χ2n) is 5.99. The fourth-order valence-corrected chi connectivity index (χ4v) is 2.96. The highest BCUT2D eigenvalue weighted by atomic mass is 16.3. The SMILES string of the molecule is Cn1c(CNC(=O)c2coc3ccccc23)nnc1C1CCC1. The number of amides is 1. The quantitative estimate of drug-likeness (QED) is 0.804. The third-order valence-electron chi connectivity index (χ3n) is 4.60. The van der Waals surface area contributed by atoms with Crippen molar-refractivity contribution in [1.82, 2.24) is 20.1 Å². The third-order valence-corrected chi connectivity index (χ3v) is 4.60. The van der Waals surface area contributed by atoms with Crippen molar-refractivity contribution in [2.75, 3.05) is 0 Å². The lowest BCUT2D eigenvalue weighted by molar-refractivity contribution is 0.0950. The van der Waals surface area contributed by atoms with Crippen LogP contribution in [0.1, 0.15) is 47.2 Å². The number of nitrogens with zero attached hydrogens (tertiary/aromatic N) is 3. The number of para-hydroxylation sites is 1. The molecular formula is C17H18N4O2. The van der Waals surface area contributed by atoms with Crippen molar-refractivity contribution in [3.8, 4) is 0 Å². The maximum Gasteiger partial charge on any atom is 0.255 e. The average Bonchev–Trinajstić information content (AvgIpc) is 3.09. The summed E-state index contributed by atoms with van der Waals surface area (Å²) in [5.41, 5.74) is 1.26. The molecule has 1 aliphatic rings. The van der Waals surface area contributed by atoms with Crippen molar-refractivity contribution in [3.05, 3.63) is 47.7 Å². The molecule has 1 aliphatic carbocycles. The van der Waals surface area contributed by atoms with Crippen LogP contribution in [0, 0.1) is 0 Å². The summed E-state index contributed by atoms with van der Waals surface area (Å²) in [6.45, 7) is 0.356. The van der Waals surface area contributed by atoms with Gasteiger partial charge in [-0.05, 0) is 18.9 Å². The summed E-state index contributed by atoms with van der Waals surface area (Å²) in [5.74, 6) is 2.15. The molecule has 1 amide bonds. The number of nitrogens with one attached hydrogen (secondary N) is 1. The van der Waals surface area contributed by atoms with Gasteiger partial charge in [-0.2, -0.15) is 0 Å². The molecular weight excluding hydrogens is 292 g/mol. The minimum atomic E-state index is -0.164. The summed E-state index contributed by atoms with van der Waals surface area (Å²) in [4.78, 5) is 12.4. The van der Waals surface area contributed by atoms with Gasteiger partial charge in [-0.3, -0.25) is 4.79 Å². The molecule has 1 aromatic carbocycles. The average molecular weight is 310 g/mol. The monoisotopic (exact) mass is 310 g/mol. The van der Waals surface area contributed by atoms with E-state index >= 15 is 0 Å². The summed E-state index contributed by atoms with van der Waals surface area (Å²) >= 11 is 0. The molecule has 0 bridgehead atoms. The Hall–Kier alpha value is -2.63. The number of fused-ring (bicyclic) bond motifs is 1. The van der Waals surface area contributed by atoms with Gasteiger partial charge >= 0.3 is 0 Å². The molecule has 4 rings (SSSR count). The Labute approximate surface area is 133 Å². The van der Waals surface area contributed by atoms with Gasteiger partial charge in [0.25, 0.3) is 5.91 Å². The van der Waals surface area contributed by atoms with E-state index in [1.54, 1.807) is 0 Å². The molecule has 6 nitrogen and oxygen atoms in total. The van der Waals surface area contributed by atoms with E-state index in [4.69, 9.17) is 4.42 Å². The molecule has 2 aromatic heterocycles. The van der Waals surface area contributed by atoms with Gasteiger partial charge in [0.15, 0.2) is 5.82 Å². The number of rotatable bonds is 4. The maximum absolute atomic E-state index is 12.4. The zero-order valence-electron chi connectivity index (χ0n) is 13.0. The minimum Gasteiger partial charge on any atom is -0.463 e. The minimum absolute atomic E-state index is 0.164. The Balaban J connectivity index is 1.48. The second-order valence-corrected chi connectivity index (χ2v) is 5.99. The second kappa shape index (κ2) is 5.53. The van der Waals surface area contributed by atoms with Crippen LogP contribution in [0.5, 0.6) is 0 Å². The van der Waals surface area contributed by atoms with Gasteiger partial charge in [-0.25, -0.2) is 0 Å². The Bertz CT molecular complexity index is 860. The van der Waals surface area contributed by atoms with E-state index in [1.807, 2.05) is 35.9 Å². The molecule has 3 aromatic rings. The normalized spacial score (nSPS) is 14.8. The Morgan fingerprint density at radius 2 is 2.17 bits per heavy atom. The number of aromatic nitrogens is 3. The van der Waals surface area contributed by atoms with Crippen LogP contribution in [-0.4, -0.2) is 20.7 Å². The van der Waals surface area contributed by atoms with E-state index in [9.17, 15) is 4.79 Å². The summed E-state index contributed by atoms with van der Waals surface area (Å²) in [6, 6.07) is 7.50. The standard InChI is InChI=1S/C17H18N4O2/c1-21-15(19-20-16(21)11-5-4-6-11)9-18-17(22)13-10-23-14-8-3-2-7-12(13)14/h2-3,7-8,10-11H,4-6,9H2,1H3,(H,18,22). The first-order valence-corrected chi connectivity index (χ1v) is 7.86. The van der Waals surface area contributed by atoms with Crippen LogP contribution in [0.4, 0.5) is 0 Å². The lowest BCUT2D eigenvalue weighted by atomic mass is 9.85. The summed E-state index contributed by atoms with van der Waals surface area (Å²) in [5, 5.41) is 12.2. The Morgan fingerprint density at radius 3 is 2.96 bits per heavy atom. The number of carbonyl (C=O) groups excluding carboxylic acids is 1. The van der Waals surface area contributed by atoms with E-state index in [0.29, 0.717) is 23.6 Å². The number of hydrogen-bond donors (Lipinski definition) is 1. The summed E-state index contributed by atoms with van der Waals surface area (Å²) in [7, 11) is 1.96. The first kappa shape index (κ1) is 14.0. The van der Waals surface area contributed by atoms with Crippen LogP contribution >= 0.6 is 0 Å². The molecule has 0 radical (unpaired) electrons. The number of furan rings is 1. The van der Waals surface area contributed by atoms with E-state index in [0.717, 1.165) is 17.0 Å². The zero-order chi connectivity index (χ0) is 15.8. The molecule has 0 unspecified atom stereocenters. The van der Waals surface area contributed by atoms with Crippen LogP contribution < -0.4 is 5.32 Å². The van der Waals surface area contributed by atoms with Gasteiger partial charge in [0, 0.05) is 18.4 Å². The van der Waals surface area contributed by atoms with E-state index in [-0.39, 0.29) is 5.91 Å². The molecule has 0 spiro atoms. The van der Waals surface area contributed by atoms with Crippen LogP contribution in [0.3, 0.4) is 0 Å². The molecule has 0 aliphatic heterocycles. The first-order valence-electron chi connectivity index (χ1n) is 7.86. The maximum atomic E-state index is 12.4. The van der Waals surface area contributed by atoms with Crippen molar-refractivity contribution in [2.24, 2.45) is 7.05 Å². The van der Waals surface area contributed by atoms with Gasteiger partial charge in [0.05, 0.1) is 12.1 Å². The number of hydrogen-bond acceptors (Lipinski definition) is 4. The van der Waals surface area contributed by atoms with Crippen molar-refractivity contribution >= 4 is 16.9 Å². The van der Waals surface area contributed by atoms with Crippen LogP contribution in [0.15, 0.2) is 34.9 Å². The van der Waals surface area contributed by atoms with Gasteiger partial charge in [0.1, 0.15) is 17.7 Å². The molecule has 2 heterocycles. The molecule has 118 valence electrons. The van der Waals surface area contributed by atoms with E-state index < -0.39 is 0 Å². The van der Waals surface area contributed by atoms with Gasteiger partial charge in [0.2, 0.25) is 0 Å². The number of carbonyl (C=O) groups is 1. The molecule has 0 saturated heterocycles.